The van der Waals surface area contributed by atoms with Crippen LogP contribution >= 0.6 is 0 Å². The van der Waals surface area contributed by atoms with Crippen LogP contribution in [0.4, 0.5) is 0 Å². The molecule has 2 heteroatoms. The maximum absolute atomic E-state index is 6.17. The molecule has 1 aromatic rings. The Kier molecular flexibility index (Phi) is 5.08. The number of rotatable bonds is 3. The molecule has 1 aromatic carbocycles. The van der Waals surface area contributed by atoms with Gasteiger partial charge >= 0.3 is 0 Å². The van der Waals surface area contributed by atoms with Gasteiger partial charge in [-0.1, -0.05) is 42.2 Å². The first-order chi connectivity index (χ1) is 9.89. The van der Waals surface area contributed by atoms with E-state index in [4.69, 9.17) is 4.74 Å². The smallest absolute Gasteiger partial charge is 0.126 e. The number of benzene rings is 1. The first-order valence-corrected chi connectivity index (χ1v) is 7.81. The molecule has 1 atom stereocenters. The van der Waals surface area contributed by atoms with Gasteiger partial charge in [-0.2, -0.15) is 0 Å². The second kappa shape index (κ2) is 6.64. The van der Waals surface area contributed by atoms with E-state index in [1.807, 2.05) is 6.07 Å². The summed E-state index contributed by atoms with van der Waals surface area (Å²) in [4.78, 5) is 2.24. The van der Waals surface area contributed by atoms with Crippen molar-refractivity contribution >= 4 is 0 Å². The molecule has 0 saturated carbocycles. The van der Waals surface area contributed by atoms with Crippen molar-refractivity contribution < 1.29 is 4.74 Å². The molecule has 0 radical (unpaired) electrons. The summed E-state index contributed by atoms with van der Waals surface area (Å²) >= 11 is 0. The lowest BCUT2D eigenvalue weighted by Gasteiger charge is -2.40. The van der Waals surface area contributed by atoms with Crippen molar-refractivity contribution in [3.05, 3.63) is 35.9 Å². The van der Waals surface area contributed by atoms with Gasteiger partial charge in [0.1, 0.15) is 5.60 Å². The second-order valence-corrected chi connectivity index (χ2v) is 6.91. The van der Waals surface area contributed by atoms with Crippen molar-refractivity contribution in [1.82, 2.24) is 4.90 Å². The number of hydrogen-bond acceptors (Lipinski definition) is 2. The summed E-state index contributed by atoms with van der Waals surface area (Å²) in [5.41, 5.74) is 0.996. The van der Waals surface area contributed by atoms with E-state index in [0.29, 0.717) is 0 Å². The average Bonchev–Trinajstić information content (AvgIpc) is 2.38. The molecular weight excluding hydrogens is 258 g/mol. The van der Waals surface area contributed by atoms with E-state index >= 15 is 0 Å². The lowest BCUT2D eigenvalue weighted by atomic mass is 9.88. The van der Waals surface area contributed by atoms with Crippen molar-refractivity contribution in [2.75, 3.05) is 13.6 Å². The van der Waals surface area contributed by atoms with E-state index in [9.17, 15) is 0 Å². The predicted molar refractivity (Wildman–Crippen MR) is 88.0 cm³/mol. The van der Waals surface area contributed by atoms with Gasteiger partial charge < -0.3 is 4.74 Å². The highest BCUT2D eigenvalue weighted by molar-refractivity contribution is 5.17. The van der Waals surface area contributed by atoms with Crippen LogP contribution in [-0.4, -0.2) is 29.7 Å². The zero-order valence-electron chi connectivity index (χ0n) is 13.8. The van der Waals surface area contributed by atoms with Gasteiger partial charge in [0.25, 0.3) is 0 Å². The van der Waals surface area contributed by atoms with Crippen molar-refractivity contribution in [1.29, 1.82) is 0 Å². The highest BCUT2D eigenvalue weighted by atomic mass is 16.5. The van der Waals surface area contributed by atoms with Crippen molar-refractivity contribution in [3.8, 4) is 11.8 Å². The van der Waals surface area contributed by atoms with Crippen LogP contribution in [0, 0.1) is 11.8 Å². The molecule has 1 saturated heterocycles. The number of hydrogen-bond donors (Lipinski definition) is 0. The van der Waals surface area contributed by atoms with Gasteiger partial charge in [-0.25, -0.2) is 0 Å². The highest BCUT2D eigenvalue weighted by Crippen LogP contribution is 2.34. The Bertz CT molecular complexity index is 511. The average molecular weight is 285 g/mol. The summed E-state index contributed by atoms with van der Waals surface area (Å²) in [5.74, 6) is 6.66. The number of ether oxygens (including phenoxy) is 1. The molecule has 114 valence electrons. The third-order valence-electron chi connectivity index (χ3n) is 3.93. The van der Waals surface area contributed by atoms with Gasteiger partial charge in [-0.05, 0) is 52.6 Å². The molecular formula is C19H27NO. The van der Waals surface area contributed by atoms with Gasteiger partial charge in [0.2, 0.25) is 0 Å². The number of nitrogens with zero attached hydrogens (tertiary/aromatic N) is 1. The highest BCUT2D eigenvalue weighted by Gasteiger charge is 2.35. The van der Waals surface area contributed by atoms with E-state index in [1.165, 1.54) is 12.0 Å². The molecule has 0 spiro atoms. The summed E-state index contributed by atoms with van der Waals surface area (Å²) < 4.78 is 6.17. The van der Waals surface area contributed by atoms with E-state index in [0.717, 1.165) is 25.9 Å². The molecule has 0 aliphatic carbocycles. The minimum atomic E-state index is -0.282. The molecule has 0 aromatic heterocycles. The normalized spacial score (nSPS) is 24.4. The molecule has 0 bridgehead atoms. The summed E-state index contributed by atoms with van der Waals surface area (Å²) in [6.45, 7) is 8.15. The standard InChI is InChI=1S/C19H27NO/c1-18(2)12-8-13-19(3,21-18)14-9-15-20(4)16-17-10-6-5-7-11-17/h5-7,10-11H,8,12-13,15-16H2,1-4H3. The molecule has 0 N–H and O–H groups in total. The van der Waals surface area contributed by atoms with Crippen molar-refractivity contribution in [3.63, 3.8) is 0 Å². The zero-order valence-corrected chi connectivity index (χ0v) is 13.8. The van der Waals surface area contributed by atoms with E-state index in [2.05, 4.69) is 68.8 Å². The van der Waals surface area contributed by atoms with E-state index in [1.54, 1.807) is 0 Å². The molecule has 1 fully saturated rings. The molecule has 1 aliphatic rings. The Labute approximate surface area is 129 Å². The van der Waals surface area contributed by atoms with Crippen LogP contribution in [0.1, 0.15) is 45.6 Å². The fourth-order valence-corrected chi connectivity index (χ4v) is 2.96. The quantitative estimate of drug-likeness (QED) is 0.782. The van der Waals surface area contributed by atoms with Crippen LogP contribution in [0.3, 0.4) is 0 Å². The third kappa shape index (κ3) is 5.19. The third-order valence-corrected chi connectivity index (χ3v) is 3.93. The largest absolute Gasteiger partial charge is 0.357 e. The van der Waals surface area contributed by atoms with Crippen molar-refractivity contribution in [2.24, 2.45) is 0 Å². The SMILES string of the molecule is CN(CC#CC1(C)CCCC(C)(C)O1)Cc1ccccc1. The summed E-state index contributed by atoms with van der Waals surface area (Å²) in [7, 11) is 2.11. The maximum Gasteiger partial charge on any atom is 0.126 e. The first kappa shape index (κ1) is 16.1. The lowest BCUT2D eigenvalue weighted by Crippen LogP contribution is -2.42. The summed E-state index contributed by atoms with van der Waals surface area (Å²) in [5, 5.41) is 0. The Morgan fingerprint density at radius 2 is 1.86 bits per heavy atom. The molecule has 1 unspecified atom stereocenters. The molecule has 1 heterocycles. The minimum absolute atomic E-state index is 0.0440. The fourth-order valence-electron chi connectivity index (χ4n) is 2.96. The molecule has 0 amide bonds. The van der Waals surface area contributed by atoms with Crippen LogP contribution < -0.4 is 0 Å². The Balaban J connectivity index is 1.88. The predicted octanol–water partition coefficient (Wildman–Crippen LogP) is 3.86. The maximum atomic E-state index is 6.17. The Morgan fingerprint density at radius 3 is 2.52 bits per heavy atom. The van der Waals surface area contributed by atoms with Crippen molar-refractivity contribution in [2.45, 2.75) is 57.8 Å². The Hall–Kier alpha value is -1.30. The van der Waals surface area contributed by atoms with Gasteiger partial charge in [0.05, 0.1) is 12.1 Å². The van der Waals surface area contributed by atoms with Crippen LogP contribution in [0.5, 0.6) is 0 Å². The summed E-state index contributed by atoms with van der Waals surface area (Å²) in [6, 6.07) is 10.5. The zero-order chi connectivity index (χ0) is 15.3. The summed E-state index contributed by atoms with van der Waals surface area (Å²) in [6.07, 6.45) is 3.35. The first-order valence-electron chi connectivity index (χ1n) is 7.81. The fraction of sp³-hybridized carbons (Fsp3) is 0.579. The topological polar surface area (TPSA) is 12.5 Å². The van der Waals surface area contributed by atoms with Crippen LogP contribution in [0.25, 0.3) is 0 Å². The van der Waals surface area contributed by atoms with E-state index in [-0.39, 0.29) is 11.2 Å². The van der Waals surface area contributed by atoms with Crippen LogP contribution in [0.15, 0.2) is 30.3 Å². The lowest BCUT2D eigenvalue weighted by molar-refractivity contribution is -0.135. The molecule has 1 aliphatic heterocycles. The van der Waals surface area contributed by atoms with Crippen LogP contribution in [-0.2, 0) is 11.3 Å². The van der Waals surface area contributed by atoms with Gasteiger partial charge in [-0.3, -0.25) is 4.90 Å². The molecule has 2 rings (SSSR count). The van der Waals surface area contributed by atoms with Gasteiger partial charge in [0, 0.05) is 6.54 Å². The monoisotopic (exact) mass is 285 g/mol. The van der Waals surface area contributed by atoms with Crippen LogP contribution in [0.2, 0.25) is 0 Å². The van der Waals surface area contributed by atoms with Gasteiger partial charge in [-0.15, -0.1) is 0 Å². The molecule has 2 nitrogen and oxygen atoms in total. The second-order valence-electron chi connectivity index (χ2n) is 6.91. The van der Waals surface area contributed by atoms with Gasteiger partial charge in [0.15, 0.2) is 0 Å². The minimum Gasteiger partial charge on any atom is -0.357 e. The molecule has 21 heavy (non-hydrogen) atoms. The van der Waals surface area contributed by atoms with E-state index < -0.39 is 0 Å². The Morgan fingerprint density at radius 1 is 1.14 bits per heavy atom.